The third kappa shape index (κ3) is 3.71. The third-order valence-electron chi connectivity index (χ3n) is 2.72. The van der Waals surface area contributed by atoms with E-state index >= 15 is 0 Å². The maximum Gasteiger partial charge on any atom is 0.416 e. The molecule has 0 saturated heterocycles. The van der Waals surface area contributed by atoms with Crippen LogP contribution in [0.15, 0.2) is 18.2 Å². The van der Waals surface area contributed by atoms with E-state index in [9.17, 15) is 31.1 Å². The minimum absolute atomic E-state index is 0.0381. The van der Waals surface area contributed by atoms with Crippen molar-refractivity contribution >= 4 is 5.78 Å². The Morgan fingerprint density at radius 2 is 1.32 bits per heavy atom. The Labute approximate surface area is 105 Å². The van der Waals surface area contributed by atoms with E-state index in [0.717, 1.165) is 6.92 Å². The molecule has 0 radical (unpaired) electrons. The summed E-state index contributed by atoms with van der Waals surface area (Å²) < 4.78 is 75.3. The minimum atomic E-state index is -4.90. The topological polar surface area (TPSA) is 17.1 Å². The second-order valence-electron chi connectivity index (χ2n) is 4.17. The Hall–Kier alpha value is -1.53. The predicted molar refractivity (Wildman–Crippen MR) is 55.5 cm³/mol. The van der Waals surface area contributed by atoms with Gasteiger partial charge in [0.2, 0.25) is 0 Å². The molecule has 19 heavy (non-hydrogen) atoms. The van der Waals surface area contributed by atoms with Crippen molar-refractivity contribution in [3.05, 3.63) is 34.9 Å². The van der Waals surface area contributed by atoms with Crippen LogP contribution < -0.4 is 0 Å². The number of benzene rings is 1. The molecule has 0 bridgehead atoms. The van der Waals surface area contributed by atoms with Gasteiger partial charge in [-0.1, -0.05) is 6.92 Å². The number of halogens is 6. The average molecular weight is 284 g/mol. The molecular weight excluding hydrogens is 274 g/mol. The fraction of sp³-hybridized carbons (Fsp3) is 0.417. The largest absolute Gasteiger partial charge is 0.416 e. The first-order valence-corrected chi connectivity index (χ1v) is 5.22. The van der Waals surface area contributed by atoms with Crippen molar-refractivity contribution in [2.75, 3.05) is 0 Å². The molecule has 0 aromatic heterocycles. The van der Waals surface area contributed by atoms with Crippen molar-refractivity contribution in [3.63, 3.8) is 0 Å². The summed E-state index contributed by atoms with van der Waals surface area (Å²) in [6, 6.07) is 1.18. The molecule has 0 N–H and O–H groups in total. The maximum absolute atomic E-state index is 12.5. The summed E-state index contributed by atoms with van der Waals surface area (Å²) >= 11 is 0. The van der Waals surface area contributed by atoms with Crippen LogP contribution >= 0.6 is 0 Å². The van der Waals surface area contributed by atoms with Gasteiger partial charge in [-0.3, -0.25) is 4.79 Å². The summed E-state index contributed by atoms with van der Waals surface area (Å²) in [4.78, 5) is 11.1. The lowest BCUT2D eigenvalue weighted by Crippen LogP contribution is -2.14. The van der Waals surface area contributed by atoms with E-state index < -0.39 is 35.2 Å². The van der Waals surface area contributed by atoms with Gasteiger partial charge in [0.15, 0.2) is 0 Å². The zero-order chi connectivity index (χ0) is 15.0. The monoisotopic (exact) mass is 284 g/mol. The number of Topliss-reactive ketones (excluding diaryl/α,β-unsaturated/α-hetero) is 1. The van der Waals surface area contributed by atoms with Crippen LogP contribution in [0.2, 0.25) is 0 Å². The average Bonchev–Trinajstić information content (AvgIpc) is 2.24. The summed E-state index contributed by atoms with van der Waals surface area (Å²) in [5.74, 6) is -1.53. The van der Waals surface area contributed by atoms with Crippen LogP contribution in [0.5, 0.6) is 0 Å². The fourth-order valence-corrected chi connectivity index (χ4v) is 1.46. The number of ketones is 1. The van der Waals surface area contributed by atoms with Gasteiger partial charge in [0.1, 0.15) is 5.78 Å². The molecule has 1 aromatic carbocycles. The van der Waals surface area contributed by atoms with Crippen LogP contribution in [-0.2, 0) is 17.1 Å². The molecule has 1 nitrogen and oxygen atoms in total. The number of rotatable bonds is 2. The van der Waals surface area contributed by atoms with Crippen LogP contribution in [0.4, 0.5) is 26.3 Å². The lowest BCUT2D eigenvalue weighted by Gasteiger charge is -2.16. The van der Waals surface area contributed by atoms with Crippen LogP contribution in [0, 0.1) is 0 Å². The molecule has 1 unspecified atom stereocenters. The van der Waals surface area contributed by atoms with Crippen molar-refractivity contribution in [2.24, 2.45) is 0 Å². The van der Waals surface area contributed by atoms with Crippen molar-refractivity contribution in [1.82, 2.24) is 0 Å². The van der Waals surface area contributed by atoms with Crippen molar-refractivity contribution in [2.45, 2.75) is 32.1 Å². The molecule has 0 fully saturated rings. The third-order valence-corrected chi connectivity index (χ3v) is 2.72. The van der Waals surface area contributed by atoms with E-state index in [1.165, 1.54) is 6.92 Å². The van der Waals surface area contributed by atoms with Gasteiger partial charge in [-0.05, 0) is 30.7 Å². The number of hydrogen-bond donors (Lipinski definition) is 0. The summed E-state index contributed by atoms with van der Waals surface area (Å²) in [5, 5.41) is 0. The van der Waals surface area contributed by atoms with E-state index in [0.29, 0.717) is 12.1 Å². The molecule has 0 aliphatic carbocycles. The molecule has 106 valence electrons. The molecule has 0 aliphatic heterocycles. The van der Waals surface area contributed by atoms with Gasteiger partial charge < -0.3 is 0 Å². The van der Waals surface area contributed by atoms with Crippen LogP contribution in [0.25, 0.3) is 0 Å². The lowest BCUT2D eigenvalue weighted by molar-refractivity contribution is -0.143. The number of alkyl halides is 6. The summed E-state index contributed by atoms with van der Waals surface area (Å²) in [5.41, 5.74) is -3.12. The Morgan fingerprint density at radius 3 is 1.58 bits per heavy atom. The molecule has 1 rings (SSSR count). The molecule has 1 atom stereocenters. The van der Waals surface area contributed by atoms with Gasteiger partial charge >= 0.3 is 12.4 Å². The van der Waals surface area contributed by atoms with E-state index in [-0.39, 0.29) is 11.6 Å². The van der Waals surface area contributed by atoms with Gasteiger partial charge in [-0.25, -0.2) is 0 Å². The quantitative estimate of drug-likeness (QED) is 0.735. The van der Waals surface area contributed by atoms with Crippen molar-refractivity contribution in [1.29, 1.82) is 0 Å². The first-order chi connectivity index (χ1) is 8.43. The van der Waals surface area contributed by atoms with Crippen molar-refractivity contribution < 1.29 is 31.1 Å². The lowest BCUT2D eigenvalue weighted by atomic mass is 9.93. The predicted octanol–water partition coefficient (Wildman–Crippen LogP) is 4.42. The highest BCUT2D eigenvalue weighted by molar-refractivity contribution is 5.83. The molecule has 0 saturated carbocycles. The van der Waals surface area contributed by atoms with Crippen LogP contribution in [-0.4, -0.2) is 5.78 Å². The van der Waals surface area contributed by atoms with Crippen LogP contribution in [0.1, 0.15) is 36.5 Å². The molecule has 7 heteroatoms. The molecular formula is C12H10F6O. The second kappa shape index (κ2) is 4.86. The second-order valence-corrected chi connectivity index (χ2v) is 4.17. The zero-order valence-corrected chi connectivity index (χ0v) is 9.99. The Morgan fingerprint density at radius 1 is 0.947 bits per heavy atom. The van der Waals surface area contributed by atoms with Gasteiger partial charge in [0.05, 0.1) is 11.1 Å². The van der Waals surface area contributed by atoms with Gasteiger partial charge in [0.25, 0.3) is 0 Å². The normalized spacial score (nSPS) is 14.3. The highest BCUT2D eigenvalue weighted by atomic mass is 19.4. The highest BCUT2D eigenvalue weighted by Crippen LogP contribution is 2.37. The van der Waals surface area contributed by atoms with Crippen LogP contribution in [0.3, 0.4) is 0 Å². The van der Waals surface area contributed by atoms with Crippen molar-refractivity contribution in [3.8, 4) is 0 Å². The summed E-state index contributed by atoms with van der Waals surface area (Å²) in [7, 11) is 0. The fourth-order valence-electron chi connectivity index (χ4n) is 1.46. The highest BCUT2D eigenvalue weighted by Gasteiger charge is 2.37. The van der Waals surface area contributed by atoms with E-state index in [1.54, 1.807) is 0 Å². The molecule has 0 aliphatic rings. The maximum atomic E-state index is 12.5. The first kappa shape index (κ1) is 15.5. The standard InChI is InChI=1S/C12H10F6O/c1-6(7(2)19)8-3-9(11(13,14)15)5-10(4-8)12(16,17)18/h3-6H,1-2H3. The molecule has 1 aromatic rings. The summed E-state index contributed by atoms with van der Waals surface area (Å²) in [6.45, 7) is 2.37. The molecule has 0 amide bonds. The van der Waals surface area contributed by atoms with Gasteiger partial charge in [-0.2, -0.15) is 26.3 Å². The first-order valence-electron chi connectivity index (χ1n) is 5.22. The number of hydrogen-bond acceptors (Lipinski definition) is 1. The smallest absolute Gasteiger partial charge is 0.299 e. The Bertz CT molecular complexity index is 454. The van der Waals surface area contributed by atoms with E-state index in [1.807, 2.05) is 0 Å². The van der Waals surface area contributed by atoms with E-state index in [2.05, 4.69) is 0 Å². The molecule has 0 spiro atoms. The zero-order valence-electron chi connectivity index (χ0n) is 9.99. The Kier molecular flexibility index (Phi) is 3.97. The van der Waals surface area contributed by atoms with E-state index in [4.69, 9.17) is 0 Å². The van der Waals surface area contributed by atoms with Gasteiger partial charge in [0, 0.05) is 5.92 Å². The SMILES string of the molecule is CC(=O)C(C)c1cc(C(F)(F)F)cc(C(F)(F)F)c1. The number of carbonyl (C=O) groups excluding carboxylic acids is 1. The summed E-state index contributed by atoms with van der Waals surface area (Å²) in [6.07, 6.45) is -9.79. The van der Waals surface area contributed by atoms with Gasteiger partial charge in [-0.15, -0.1) is 0 Å². The minimum Gasteiger partial charge on any atom is -0.299 e. The molecule has 0 heterocycles. The Balaban J connectivity index is 3.45. The number of carbonyl (C=O) groups is 1.